The van der Waals surface area contributed by atoms with Gasteiger partial charge in [0.2, 0.25) is 0 Å². The molecule has 0 aromatic rings. The summed E-state index contributed by atoms with van der Waals surface area (Å²) in [5.41, 5.74) is 1.40. The summed E-state index contributed by atoms with van der Waals surface area (Å²) < 4.78 is 0. The van der Waals surface area contributed by atoms with E-state index in [4.69, 9.17) is 4.99 Å². The number of hydrogen-bond acceptors (Lipinski definition) is 1. The number of allylic oxidation sites excluding steroid dienone is 3. The summed E-state index contributed by atoms with van der Waals surface area (Å²) >= 11 is 0. The molecule has 0 unspecified atom stereocenters. The zero-order valence-corrected chi connectivity index (χ0v) is 12.6. The Balaban J connectivity index is 1.67. The van der Waals surface area contributed by atoms with E-state index in [0.29, 0.717) is 12.1 Å². The first-order valence-corrected chi connectivity index (χ1v) is 8.62. The van der Waals surface area contributed by atoms with Gasteiger partial charge in [-0.25, -0.2) is 0 Å². The number of rotatable bonds is 3. The normalized spacial score (nSPS) is 25.8. The van der Waals surface area contributed by atoms with Crippen LogP contribution >= 0.6 is 0 Å². The molecule has 0 aromatic heterocycles. The molecule has 3 aliphatic carbocycles. The Labute approximate surface area is 123 Å². The Bertz CT molecular complexity index is 394. The van der Waals surface area contributed by atoms with Crippen LogP contribution in [0.25, 0.3) is 0 Å². The van der Waals surface area contributed by atoms with E-state index in [2.05, 4.69) is 23.5 Å². The minimum atomic E-state index is 0.566. The third-order valence-corrected chi connectivity index (χ3v) is 4.91. The van der Waals surface area contributed by atoms with Gasteiger partial charge in [-0.05, 0) is 37.7 Å². The molecule has 3 aliphatic rings. The molecular weight excluding hydrogens is 244 g/mol. The molecule has 0 bridgehead atoms. The summed E-state index contributed by atoms with van der Waals surface area (Å²) in [4.78, 5) is 5.11. The third kappa shape index (κ3) is 3.74. The van der Waals surface area contributed by atoms with Crippen molar-refractivity contribution in [1.82, 2.24) is 5.32 Å². The van der Waals surface area contributed by atoms with Crippen molar-refractivity contribution in [2.75, 3.05) is 0 Å². The molecule has 0 aromatic carbocycles. The second kappa shape index (κ2) is 7.10. The Morgan fingerprint density at radius 3 is 2.30 bits per heavy atom. The molecule has 2 saturated carbocycles. The number of amidine groups is 1. The molecule has 2 fully saturated rings. The van der Waals surface area contributed by atoms with Gasteiger partial charge < -0.3 is 5.32 Å². The third-order valence-electron chi connectivity index (χ3n) is 4.91. The molecule has 0 amide bonds. The predicted octanol–water partition coefficient (Wildman–Crippen LogP) is 4.53. The van der Waals surface area contributed by atoms with Crippen molar-refractivity contribution >= 4 is 5.84 Å². The van der Waals surface area contributed by atoms with Crippen molar-refractivity contribution in [1.29, 1.82) is 0 Å². The van der Waals surface area contributed by atoms with E-state index in [1.807, 2.05) is 0 Å². The van der Waals surface area contributed by atoms with Gasteiger partial charge in [0.15, 0.2) is 0 Å². The molecule has 0 atom stereocenters. The lowest BCUT2D eigenvalue weighted by Crippen LogP contribution is -2.38. The van der Waals surface area contributed by atoms with Crippen molar-refractivity contribution < 1.29 is 0 Å². The highest BCUT2D eigenvalue weighted by molar-refractivity contribution is 5.99. The molecule has 3 rings (SSSR count). The Morgan fingerprint density at radius 1 is 0.950 bits per heavy atom. The molecule has 2 heteroatoms. The van der Waals surface area contributed by atoms with E-state index in [9.17, 15) is 0 Å². The molecular formula is C18H28N2. The van der Waals surface area contributed by atoms with Crippen molar-refractivity contribution in [2.24, 2.45) is 4.99 Å². The zero-order chi connectivity index (χ0) is 13.6. The van der Waals surface area contributed by atoms with Crippen LogP contribution in [0, 0.1) is 0 Å². The average Bonchev–Trinajstić information content (AvgIpc) is 3.03. The lowest BCUT2D eigenvalue weighted by Gasteiger charge is -2.27. The van der Waals surface area contributed by atoms with E-state index in [1.54, 1.807) is 0 Å². The van der Waals surface area contributed by atoms with E-state index < -0.39 is 0 Å². The van der Waals surface area contributed by atoms with Crippen molar-refractivity contribution in [3.05, 3.63) is 23.8 Å². The number of hydrogen-bond donors (Lipinski definition) is 1. The van der Waals surface area contributed by atoms with Gasteiger partial charge in [-0.3, -0.25) is 4.99 Å². The van der Waals surface area contributed by atoms with Gasteiger partial charge in [-0.2, -0.15) is 0 Å². The Morgan fingerprint density at radius 2 is 1.65 bits per heavy atom. The van der Waals surface area contributed by atoms with Crippen LogP contribution in [-0.2, 0) is 0 Å². The molecule has 0 spiro atoms. The maximum Gasteiger partial charge on any atom is 0.124 e. The van der Waals surface area contributed by atoms with Crippen molar-refractivity contribution in [2.45, 2.75) is 82.7 Å². The van der Waals surface area contributed by atoms with Crippen LogP contribution in [0.15, 0.2) is 28.8 Å². The second-order valence-corrected chi connectivity index (χ2v) is 6.57. The van der Waals surface area contributed by atoms with Crippen molar-refractivity contribution in [3.8, 4) is 0 Å². The number of nitrogens with zero attached hydrogens (tertiary/aromatic N) is 1. The van der Waals surface area contributed by atoms with Crippen LogP contribution in [0.4, 0.5) is 0 Å². The van der Waals surface area contributed by atoms with Gasteiger partial charge in [0.25, 0.3) is 0 Å². The SMILES string of the molecule is C1=CCC(C(=NC2CCCCC2)NC2CCCCC2)=C1. The summed E-state index contributed by atoms with van der Waals surface area (Å²) in [6, 6.07) is 1.23. The van der Waals surface area contributed by atoms with Crippen molar-refractivity contribution in [3.63, 3.8) is 0 Å². The van der Waals surface area contributed by atoms with Gasteiger partial charge in [-0.1, -0.05) is 56.8 Å². The molecule has 1 N–H and O–H groups in total. The summed E-state index contributed by atoms with van der Waals surface area (Å²) in [5, 5.41) is 3.79. The summed E-state index contributed by atoms with van der Waals surface area (Å²) in [7, 11) is 0. The average molecular weight is 272 g/mol. The molecule has 20 heavy (non-hydrogen) atoms. The highest BCUT2D eigenvalue weighted by Gasteiger charge is 2.19. The topological polar surface area (TPSA) is 24.4 Å². The lowest BCUT2D eigenvalue weighted by atomic mass is 9.94. The first-order valence-electron chi connectivity index (χ1n) is 8.62. The van der Waals surface area contributed by atoms with E-state index in [0.717, 1.165) is 6.42 Å². The van der Waals surface area contributed by atoms with Gasteiger partial charge in [0.1, 0.15) is 5.84 Å². The quantitative estimate of drug-likeness (QED) is 0.592. The zero-order valence-electron chi connectivity index (χ0n) is 12.6. The fourth-order valence-corrected chi connectivity index (χ4v) is 3.67. The highest BCUT2D eigenvalue weighted by Crippen LogP contribution is 2.23. The van der Waals surface area contributed by atoms with Crippen LogP contribution < -0.4 is 5.32 Å². The molecule has 0 radical (unpaired) electrons. The van der Waals surface area contributed by atoms with Crippen LogP contribution in [0.2, 0.25) is 0 Å². The minimum absolute atomic E-state index is 0.566. The van der Waals surface area contributed by atoms with E-state index >= 15 is 0 Å². The van der Waals surface area contributed by atoms with E-state index in [-0.39, 0.29) is 0 Å². The number of nitrogens with one attached hydrogen (secondary N) is 1. The van der Waals surface area contributed by atoms with Gasteiger partial charge >= 0.3 is 0 Å². The summed E-state index contributed by atoms with van der Waals surface area (Å²) in [6.45, 7) is 0. The van der Waals surface area contributed by atoms with Gasteiger partial charge in [0, 0.05) is 6.04 Å². The van der Waals surface area contributed by atoms with Gasteiger partial charge in [-0.15, -0.1) is 0 Å². The minimum Gasteiger partial charge on any atom is -0.367 e. The second-order valence-electron chi connectivity index (χ2n) is 6.57. The molecule has 0 saturated heterocycles. The summed E-state index contributed by atoms with van der Waals surface area (Å²) in [5.74, 6) is 1.22. The largest absolute Gasteiger partial charge is 0.367 e. The smallest absolute Gasteiger partial charge is 0.124 e. The van der Waals surface area contributed by atoms with Crippen LogP contribution in [0.5, 0.6) is 0 Å². The molecule has 0 aliphatic heterocycles. The molecule has 110 valence electrons. The lowest BCUT2D eigenvalue weighted by molar-refractivity contribution is 0.408. The van der Waals surface area contributed by atoms with Crippen LogP contribution in [0.1, 0.15) is 70.6 Å². The van der Waals surface area contributed by atoms with Crippen LogP contribution in [0.3, 0.4) is 0 Å². The highest BCUT2D eigenvalue weighted by atomic mass is 15.0. The van der Waals surface area contributed by atoms with E-state index in [1.165, 1.54) is 75.6 Å². The maximum absolute atomic E-state index is 5.11. The monoisotopic (exact) mass is 272 g/mol. The first kappa shape index (κ1) is 13.9. The first-order chi connectivity index (χ1) is 9.92. The molecule has 0 heterocycles. The molecule has 2 nitrogen and oxygen atoms in total. The Hall–Kier alpha value is -1.05. The fraction of sp³-hybridized carbons (Fsp3) is 0.722. The standard InChI is InChI=1S/C18H28N2/c1-3-11-16(12-4-1)19-18(15-9-7-8-10-15)20-17-13-5-2-6-14-17/h7-9,16-17H,1-6,10-14H2,(H,19,20). The predicted molar refractivity (Wildman–Crippen MR) is 86.2 cm³/mol. The maximum atomic E-state index is 5.11. The van der Waals surface area contributed by atoms with Gasteiger partial charge in [0.05, 0.1) is 6.04 Å². The fourth-order valence-electron chi connectivity index (χ4n) is 3.67. The van der Waals surface area contributed by atoms with Crippen LogP contribution in [-0.4, -0.2) is 17.9 Å². The Kier molecular flexibility index (Phi) is 4.94. The number of aliphatic imine (C=N–C) groups is 1. The summed E-state index contributed by atoms with van der Waals surface area (Å²) in [6.07, 6.45) is 21.3.